The molecule has 0 aliphatic rings. The van der Waals surface area contributed by atoms with E-state index in [4.69, 9.17) is 13.9 Å². The maximum atomic E-state index is 12.9. The summed E-state index contributed by atoms with van der Waals surface area (Å²) < 4.78 is 16.5. The van der Waals surface area contributed by atoms with Crippen molar-refractivity contribution < 1.29 is 23.5 Å². The van der Waals surface area contributed by atoms with E-state index in [0.717, 1.165) is 11.3 Å². The van der Waals surface area contributed by atoms with Crippen molar-refractivity contribution in [3.05, 3.63) is 83.8 Å². The summed E-state index contributed by atoms with van der Waals surface area (Å²) >= 11 is 0. The molecule has 162 valence electrons. The average molecular weight is 421 g/mol. The van der Waals surface area contributed by atoms with E-state index < -0.39 is 0 Å². The Hall–Kier alpha value is -3.54. The molecule has 0 aliphatic carbocycles. The zero-order chi connectivity index (χ0) is 22.1. The molecule has 1 heterocycles. The Balaban J connectivity index is 1.56. The van der Waals surface area contributed by atoms with Gasteiger partial charge in [-0.25, -0.2) is 0 Å². The van der Waals surface area contributed by atoms with E-state index in [0.29, 0.717) is 49.6 Å². The van der Waals surface area contributed by atoms with Crippen LogP contribution in [0.5, 0.6) is 11.5 Å². The fraction of sp³-hybridized carbons (Fsp3) is 0.280. The lowest BCUT2D eigenvalue weighted by atomic mass is 10.1. The van der Waals surface area contributed by atoms with Crippen molar-refractivity contribution in [2.24, 2.45) is 0 Å². The number of benzene rings is 2. The number of rotatable bonds is 11. The monoisotopic (exact) mass is 421 g/mol. The highest BCUT2D eigenvalue weighted by Crippen LogP contribution is 2.28. The number of amides is 1. The van der Waals surface area contributed by atoms with E-state index >= 15 is 0 Å². The van der Waals surface area contributed by atoms with Gasteiger partial charge in [-0.15, -0.1) is 0 Å². The molecule has 0 N–H and O–H groups in total. The number of hydrogen-bond donors (Lipinski definition) is 0. The Kier molecular flexibility index (Phi) is 7.87. The largest absolute Gasteiger partial charge is 0.493 e. The lowest BCUT2D eigenvalue weighted by molar-refractivity contribution is -0.133. The highest BCUT2D eigenvalue weighted by atomic mass is 16.5. The number of hydrogen-bond acceptors (Lipinski definition) is 5. The van der Waals surface area contributed by atoms with Crippen LogP contribution in [0.3, 0.4) is 0 Å². The summed E-state index contributed by atoms with van der Waals surface area (Å²) in [7, 11) is 1.53. The normalized spacial score (nSPS) is 10.5. The van der Waals surface area contributed by atoms with Crippen LogP contribution in [0, 0.1) is 0 Å². The number of carbonyl (C=O) groups is 2. The number of furan rings is 1. The van der Waals surface area contributed by atoms with Gasteiger partial charge in [0.25, 0.3) is 0 Å². The third kappa shape index (κ3) is 6.47. The maximum Gasteiger partial charge on any atom is 0.223 e. The fourth-order valence-electron chi connectivity index (χ4n) is 3.20. The van der Waals surface area contributed by atoms with Crippen LogP contribution in [0.4, 0.5) is 0 Å². The molecule has 0 atom stereocenters. The van der Waals surface area contributed by atoms with Gasteiger partial charge in [-0.3, -0.25) is 9.59 Å². The highest BCUT2D eigenvalue weighted by Gasteiger charge is 2.16. The summed E-state index contributed by atoms with van der Waals surface area (Å²) in [6.07, 6.45) is 2.51. The molecule has 1 aromatic heterocycles. The van der Waals surface area contributed by atoms with Crippen LogP contribution < -0.4 is 9.47 Å². The first kappa shape index (κ1) is 22.2. The molecule has 3 aromatic rings. The SMILES string of the molecule is COc1cc(C(C)=O)ccc1OCCCC(=O)N(Cc1ccccc1)Cc1ccco1. The van der Waals surface area contributed by atoms with Crippen molar-refractivity contribution in [2.75, 3.05) is 13.7 Å². The molecule has 0 fully saturated rings. The van der Waals surface area contributed by atoms with E-state index in [9.17, 15) is 9.59 Å². The topological polar surface area (TPSA) is 69.0 Å². The van der Waals surface area contributed by atoms with Crippen LogP contribution in [0.1, 0.15) is 41.4 Å². The Labute approximate surface area is 182 Å². The Morgan fingerprint density at radius 2 is 1.77 bits per heavy atom. The average Bonchev–Trinajstić information content (AvgIpc) is 3.30. The minimum atomic E-state index is -0.0366. The third-order valence-electron chi connectivity index (χ3n) is 4.86. The number of ketones is 1. The van der Waals surface area contributed by atoms with Gasteiger partial charge >= 0.3 is 0 Å². The first-order valence-corrected chi connectivity index (χ1v) is 10.2. The molecule has 0 spiro atoms. The van der Waals surface area contributed by atoms with E-state index in [1.165, 1.54) is 14.0 Å². The van der Waals surface area contributed by atoms with Gasteiger partial charge in [-0.05, 0) is 49.2 Å². The molecule has 0 bridgehead atoms. The predicted molar refractivity (Wildman–Crippen MR) is 117 cm³/mol. The summed E-state index contributed by atoms with van der Waals surface area (Å²) in [4.78, 5) is 26.2. The Bertz CT molecular complexity index is 982. The Morgan fingerprint density at radius 3 is 2.45 bits per heavy atom. The van der Waals surface area contributed by atoms with Crippen LogP contribution in [-0.4, -0.2) is 30.3 Å². The molecule has 6 nitrogen and oxygen atoms in total. The second kappa shape index (κ2) is 11.0. The van der Waals surface area contributed by atoms with Gasteiger partial charge in [-0.2, -0.15) is 0 Å². The van der Waals surface area contributed by atoms with Gasteiger partial charge in [-0.1, -0.05) is 30.3 Å². The molecular formula is C25H27NO5. The quantitative estimate of drug-likeness (QED) is 0.326. The predicted octanol–water partition coefficient (Wildman–Crippen LogP) is 4.88. The zero-order valence-electron chi connectivity index (χ0n) is 17.9. The van der Waals surface area contributed by atoms with Crippen LogP contribution in [-0.2, 0) is 17.9 Å². The van der Waals surface area contributed by atoms with Crippen LogP contribution in [0.25, 0.3) is 0 Å². The summed E-state index contributed by atoms with van der Waals surface area (Å²) in [6, 6.07) is 18.7. The second-order valence-corrected chi connectivity index (χ2v) is 7.19. The van der Waals surface area contributed by atoms with E-state index in [-0.39, 0.29) is 11.7 Å². The van der Waals surface area contributed by atoms with Crippen molar-refractivity contribution in [3.63, 3.8) is 0 Å². The number of carbonyl (C=O) groups excluding carboxylic acids is 2. The number of ether oxygens (including phenoxy) is 2. The minimum absolute atomic E-state index is 0.0303. The first-order valence-electron chi connectivity index (χ1n) is 10.2. The molecule has 1 amide bonds. The van der Waals surface area contributed by atoms with Gasteiger partial charge in [0.1, 0.15) is 5.76 Å². The van der Waals surface area contributed by atoms with Crippen molar-refractivity contribution in [1.82, 2.24) is 4.90 Å². The minimum Gasteiger partial charge on any atom is -0.493 e. The van der Waals surface area contributed by atoms with Gasteiger partial charge in [0, 0.05) is 18.5 Å². The molecule has 0 aliphatic heterocycles. The van der Waals surface area contributed by atoms with E-state index in [1.807, 2.05) is 42.5 Å². The molecule has 0 unspecified atom stereocenters. The molecule has 0 saturated carbocycles. The summed E-state index contributed by atoms with van der Waals surface area (Å²) in [5.41, 5.74) is 1.63. The van der Waals surface area contributed by atoms with Gasteiger partial charge in [0.2, 0.25) is 5.91 Å². The molecule has 0 radical (unpaired) electrons. The van der Waals surface area contributed by atoms with E-state index in [2.05, 4.69) is 0 Å². The molecule has 6 heteroatoms. The summed E-state index contributed by atoms with van der Waals surface area (Å²) in [6.45, 7) is 2.80. The smallest absolute Gasteiger partial charge is 0.223 e. The van der Waals surface area contributed by atoms with Crippen LogP contribution in [0.2, 0.25) is 0 Å². The fourth-order valence-corrected chi connectivity index (χ4v) is 3.20. The molecule has 0 saturated heterocycles. The van der Waals surface area contributed by atoms with Crippen molar-refractivity contribution in [1.29, 1.82) is 0 Å². The van der Waals surface area contributed by atoms with Gasteiger partial charge in [0.15, 0.2) is 17.3 Å². The maximum absolute atomic E-state index is 12.9. The lowest BCUT2D eigenvalue weighted by Crippen LogP contribution is -2.30. The van der Waals surface area contributed by atoms with Crippen LogP contribution in [0.15, 0.2) is 71.3 Å². The zero-order valence-corrected chi connectivity index (χ0v) is 17.9. The standard InChI is InChI=1S/C25H27NO5/c1-19(27)21-12-13-23(24(16-21)29-2)31-15-7-11-25(28)26(18-22-10-6-14-30-22)17-20-8-4-3-5-9-20/h3-6,8-10,12-14,16H,7,11,15,17-18H2,1-2H3. The molecule has 2 aromatic carbocycles. The van der Waals surface area contributed by atoms with Gasteiger partial charge < -0.3 is 18.8 Å². The summed E-state index contributed by atoms with van der Waals surface area (Å²) in [5, 5.41) is 0. The Morgan fingerprint density at radius 1 is 0.968 bits per heavy atom. The van der Waals surface area contributed by atoms with Crippen LogP contribution >= 0.6 is 0 Å². The number of methoxy groups -OCH3 is 1. The first-order chi connectivity index (χ1) is 15.1. The molecule has 31 heavy (non-hydrogen) atoms. The van der Waals surface area contributed by atoms with Gasteiger partial charge in [0.05, 0.1) is 26.5 Å². The van der Waals surface area contributed by atoms with Crippen molar-refractivity contribution in [2.45, 2.75) is 32.9 Å². The number of Topliss-reactive ketones (excluding diaryl/α,β-unsaturated/α-hetero) is 1. The lowest BCUT2D eigenvalue weighted by Gasteiger charge is -2.22. The van der Waals surface area contributed by atoms with Crippen molar-refractivity contribution >= 4 is 11.7 Å². The summed E-state index contributed by atoms with van der Waals surface area (Å²) in [5.74, 6) is 1.79. The molecular weight excluding hydrogens is 394 g/mol. The number of nitrogens with zero attached hydrogens (tertiary/aromatic N) is 1. The highest BCUT2D eigenvalue weighted by molar-refractivity contribution is 5.94. The third-order valence-corrected chi connectivity index (χ3v) is 4.86. The second-order valence-electron chi connectivity index (χ2n) is 7.19. The van der Waals surface area contributed by atoms with E-state index in [1.54, 1.807) is 29.4 Å². The van der Waals surface area contributed by atoms with Crippen molar-refractivity contribution in [3.8, 4) is 11.5 Å². The molecule has 3 rings (SSSR count).